The van der Waals surface area contributed by atoms with Crippen molar-refractivity contribution in [3.8, 4) is 0 Å². The number of rotatable bonds is 5. The number of fused-ring (bicyclic) bond motifs is 1. The third-order valence-corrected chi connectivity index (χ3v) is 5.89. The Balaban J connectivity index is 1.74. The molecule has 0 aliphatic carbocycles. The van der Waals surface area contributed by atoms with E-state index in [1.165, 1.54) is 0 Å². The van der Waals surface area contributed by atoms with Gasteiger partial charge in [-0.2, -0.15) is 5.10 Å². The highest BCUT2D eigenvalue weighted by atomic mass is 35.5. The van der Waals surface area contributed by atoms with Crippen molar-refractivity contribution in [3.05, 3.63) is 92.0 Å². The molecule has 3 aromatic carbocycles. The minimum absolute atomic E-state index is 0.598. The fourth-order valence-electron chi connectivity index (χ4n) is 3.28. The molecule has 0 fully saturated rings. The molecule has 4 rings (SSSR count). The van der Waals surface area contributed by atoms with E-state index < -0.39 is 0 Å². The quantitative estimate of drug-likeness (QED) is 0.307. The SMILES string of the molecule is Cn1cc2cc(N(Cc3ccc(Cl)cc3Cl)Cc3ccc(Cl)cc3Cl)ccc2n1. The molecule has 0 saturated carbocycles. The van der Waals surface area contributed by atoms with Gasteiger partial charge in [-0.05, 0) is 53.6 Å². The van der Waals surface area contributed by atoms with Gasteiger partial charge >= 0.3 is 0 Å². The number of hydrogen-bond acceptors (Lipinski definition) is 2. The summed E-state index contributed by atoms with van der Waals surface area (Å²) in [6.07, 6.45) is 2.00. The summed E-state index contributed by atoms with van der Waals surface area (Å²) in [6.45, 7) is 1.20. The molecule has 3 nitrogen and oxygen atoms in total. The first-order valence-corrected chi connectivity index (χ1v) is 10.5. The third-order valence-electron chi connectivity index (χ3n) is 4.72. The first-order chi connectivity index (χ1) is 13.9. The Hall–Kier alpha value is -1.91. The van der Waals surface area contributed by atoms with Crippen LogP contribution in [0.2, 0.25) is 20.1 Å². The molecule has 0 saturated heterocycles. The van der Waals surface area contributed by atoms with E-state index >= 15 is 0 Å². The predicted octanol–water partition coefficient (Wildman–Crippen LogP) is 7.39. The van der Waals surface area contributed by atoms with Gasteiger partial charge in [0.2, 0.25) is 0 Å². The average Bonchev–Trinajstić information content (AvgIpc) is 3.04. The number of benzene rings is 3. The van der Waals surface area contributed by atoms with E-state index in [9.17, 15) is 0 Å². The second kappa shape index (κ2) is 8.45. The first-order valence-electron chi connectivity index (χ1n) is 8.95. The van der Waals surface area contributed by atoms with Crippen molar-refractivity contribution in [2.24, 2.45) is 7.05 Å². The molecule has 0 spiro atoms. The highest BCUT2D eigenvalue weighted by Crippen LogP contribution is 2.30. The minimum Gasteiger partial charge on any atom is -0.363 e. The normalized spacial score (nSPS) is 11.2. The maximum atomic E-state index is 6.45. The molecule has 0 N–H and O–H groups in total. The molecular formula is C22H17Cl4N3. The summed E-state index contributed by atoms with van der Waals surface area (Å²) in [5.41, 5.74) is 3.95. The Labute approximate surface area is 189 Å². The van der Waals surface area contributed by atoms with Gasteiger partial charge in [0.05, 0.1) is 5.52 Å². The maximum Gasteiger partial charge on any atom is 0.0924 e. The minimum atomic E-state index is 0.598. The molecule has 0 atom stereocenters. The lowest BCUT2D eigenvalue weighted by molar-refractivity contribution is 0.780. The molecule has 0 radical (unpaired) electrons. The van der Waals surface area contributed by atoms with Gasteiger partial charge in [-0.3, -0.25) is 4.68 Å². The Morgan fingerprint density at radius 2 is 1.38 bits per heavy atom. The topological polar surface area (TPSA) is 21.1 Å². The number of aryl methyl sites for hydroxylation is 1. The standard InChI is InChI=1S/C22H17Cl4N3/c1-28-11-16-8-19(6-7-22(16)27-28)29(12-14-2-4-17(23)9-20(14)25)13-15-3-5-18(24)10-21(15)26/h2-11H,12-13H2,1H3. The predicted molar refractivity (Wildman–Crippen MR) is 124 cm³/mol. The van der Waals surface area contributed by atoms with Gasteiger partial charge in [-0.25, -0.2) is 0 Å². The molecule has 7 heteroatoms. The molecule has 1 heterocycles. The largest absolute Gasteiger partial charge is 0.363 e. The molecule has 148 valence electrons. The molecule has 0 aliphatic rings. The van der Waals surface area contributed by atoms with Crippen LogP contribution in [0.1, 0.15) is 11.1 Å². The fourth-order valence-corrected chi connectivity index (χ4v) is 4.22. The maximum absolute atomic E-state index is 6.45. The molecule has 0 aliphatic heterocycles. The lowest BCUT2D eigenvalue weighted by Crippen LogP contribution is -2.22. The summed E-state index contributed by atoms with van der Waals surface area (Å²) in [4.78, 5) is 2.22. The van der Waals surface area contributed by atoms with Gasteiger partial charge in [0.1, 0.15) is 0 Å². The summed E-state index contributed by atoms with van der Waals surface area (Å²) in [6, 6.07) is 17.3. The van der Waals surface area contributed by atoms with E-state index in [2.05, 4.69) is 22.1 Å². The van der Waals surface area contributed by atoms with Crippen molar-refractivity contribution in [1.29, 1.82) is 0 Å². The van der Waals surface area contributed by atoms with Crippen LogP contribution in [0.4, 0.5) is 5.69 Å². The van der Waals surface area contributed by atoms with E-state index in [0.717, 1.165) is 27.7 Å². The Morgan fingerprint density at radius 3 is 1.93 bits per heavy atom. The van der Waals surface area contributed by atoms with E-state index in [1.54, 1.807) is 12.1 Å². The zero-order valence-electron chi connectivity index (χ0n) is 15.5. The summed E-state index contributed by atoms with van der Waals surface area (Å²) in [7, 11) is 1.92. The van der Waals surface area contributed by atoms with E-state index in [-0.39, 0.29) is 0 Å². The number of aromatic nitrogens is 2. The molecule has 0 bridgehead atoms. The summed E-state index contributed by atoms with van der Waals surface area (Å²) in [5.74, 6) is 0. The molecule has 1 aromatic heterocycles. The molecule has 0 unspecified atom stereocenters. The van der Waals surface area contributed by atoms with Crippen LogP contribution in [0, 0.1) is 0 Å². The van der Waals surface area contributed by atoms with Gasteiger partial charge in [0.25, 0.3) is 0 Å². The van der Waals surface area contributed by atoms with Crippen LogP contribution >= 0.6 is 46.4 Å². The van der Waals surface area contributed by atoms with Crippen molar-refractivity contribution in [2.75, 3.05) is 4.90 Å². The highest BCUT2D eigenvalue weighted by molar-refractivity contribution is 6.35. The van der Waals surface area contributed by atoms with Crippen molar-refractivity contribution in [3.63, 3.8) is 0 Å². The van der Waals surface area contributed by atoms with Crippen LogP contribution in [0.3, 0.4) is 0 Å². The van der Waals surface area contributed by atoms with Crippen molar-refractivity contribution in [2.45, 2.75) is 13.1 Å². The van der Waals surface area contributed by atoms with Crippen molar-refractivity contribution in [1.82, 2.24) is 9.78 Å². The Bertz CT molecular complexity index is 1130. The molecular weight excluding hydrogens is 448 g/mol. The van der Waals surface area contributed by atoms with Gasteiger partial charge in [0.15, 0.2) is 0 Å². The zero-order chi connectivity index (χ0) is 20.5. The number of halogens is 4. The smallest absolute Gasteiger partial charge is 0.0924 e. The van der Waals surface area contributed by atoms with Gasteiger partial charge in [0, 0.05) is 57.5 Å². The summed E-state index contributed by atoms with van der Waals surface area (Å²) >= 11 is 25.0. The van der Waals surface area contributed by atoms with Gasteiger partial charge in [-0.15, -0.1) is 0 Å². The third kappa shape index (κ3) is 4.65. The van der Waals surface area contributed by atoms with Gasteiger partial charge in [-0.1, -0.05) is 58.5 Å². The van der Waals surface area contributed by atoms with Crippen LogP contribution < -0.4 is 4.90 Å². The number of nitrogens with zero attached hydrogens (tertiary/aromatic N) is 3. The van der Waals surface area contributed by atoms with Crippen LogP contribution in [0.5, 0.6) is 0 Å². The number of hydrogen-bond donors (Lipinski definition) is 0. The van der Waals surface area contributed by atoms with E-state index in [1.807, 2.05) is 48.3 Å². The summed E-state index contributed by atoms with van der Waals surface area (Å²) in [5, 5.41) is 8.02. The Kier molecular flexibility index (Phi) is 5.93. The van der Waals surface area contributed by atoms with Crippen molar-refractivity contribution < 1.29 is 0 Å². The van der Waals surface area contributed by atoms with Crippen LogP contribution in [-0.2, 0) is 20.1 Å². The van der Waals surface area contributed by atoms with Crippen molar-refractivity contribution >= 4 is 63.0 Å². The zero-order valence-corrected chi connectivity index (χ0v) is 18.6. The van der Waals surface area contributed by atoms with Crippen LogP contribution in [-0.4, -0.2) is 9.78 Å². The van der Waals surface area contributed by atoms with E-state index in [0.29, 0.717) is 33.2 Å². The van der Waals surface area contributed by atoms with Crippen LogP contribution in [0.25, 0.3) is 10.9 Å². The lowest BCUT2D eigenvalue weighted by atomic mass is 10.1. The highest BCUT2D eigenvalue weighted by Gasteiger charge is 2.14. The second-order valence-electron chi connectivity index (χ2n) is 6.87. The molecule has 0 amide bonds. The van der Waals surface area contributed by atoms with Gasteiger partial charge < -0.3 is 4.90 Å². The Morgan fingerprint density at radius 1 is 0.793 bits per heavy atom. The van der Waals surface area contributed by atoms with E-state index in [4.69, 9.17) is 46.4 Å². The average molecular weight is 465 g/mol. The fraction of sp³-hybridized carbons (Fsp3) is 0.136. The first kappa shape index (κ1) is 20.4. The number of anilines is 1. The summed E-state index contributed by atoms with van der Waals surface area (Å²) < 4.78 is 1.81. The lowest BCUT2D eigenvalue weighted by Gasteiger charge is -2.26. The monoisotopic (exact) mass is 463 g/mol. The van der Waals surface area contributed by atoms with Crippen LogP contribution in [0.15, 0.2) is 60.8 Å². The molecule has 4 aromatic rings. The second-order valence-corrected chi connectivity index (χ2v) is 8.56. The molecule has 29 heavy (non-hydrogen) atoms.